The van der Waals surface area contributed by atoms with Gasteiger partial charge in [0.2, 0.25) is 0 Å². The van der Waals surface area contributed by atoms with Crippen molar-refractivity contribution in [2.75, 3.05) is 6.54 Å². The highest BCUT2D eigenvalue weighted by Crippen LogP contribution is 2.23. The first-order valence-corrected chi connectivity index (χ1v) is 6.47. The summed E-state index contributed by atoms with van der Waals surface area (Å²) >= 11 is 0. The molecule has 0 spiro atoms. The fraction of sp³-hybridized carbons (Fsp3) is 0.923. The van der Waals surface area contributed by atoms with Crippen LogP contribution in [-0.4, -0.2) is 40.4 Å². The van der Waals surface area contributed by atoms with Crippen molar-refractivity contribution in [1.29, 1.82) is 0 Å². The number of likely N-dealkylation sites (tertiary alicyclic amines) is 1. The lowest BCUT2D eigenvalue weighted by atomic mass is 9.98. The first-order chi connectivity index (χ1) is 7.79. The first-order valence-electron chi connectivity index (χ1n) is 6.47. The number of ether oxygens (including phenoxy) is 1. The minimum Gasteiger partial charge on any atom is -0.444 e. The molecule has 0 aromatic heterocycles. The van der Waals surface area contributed by atoms with Crippen molar-refractivity contribution in [3.63, 3.8) is 0 Å². The van der Waals surface area contributed by atoms with Crippen LogP contribution in [0.3, 0.4) is 0 Å². The number of hydrogen-bond donors (Lipinski definition) is 1. The van der Waals surface area contributed by atoms with Crippen molar-refractivity contribution in [1.82, 2.24) is 4.90 Å². The quantitative estimate of drug-likeness (QED) is 0.811. The summed E-state index contributed by atoms with van der Waals surface area (Å²) in [4.78, 5) is 13.8. The van der Waals surface area contributed by atoms with Crippen molar-refractivity contribution in [2.45, 2.75) is 71.1 Å². The molecule has 0 aliphatic carbocycles. The topological polar surface area (TPSA) is 49.8 Å². The molecule has 1 N–H and O–H groups in total. The molecule has 0 aromatic rings. The molecule has 1 fully saturated rings. The highest BCUT2D eigenvalue weighted by molar-refractivity contribution is 5.68. The Labute approximate surface area is 104 Å². The van der Waals surface area contributed by atoms with E-state index in [0.717, 1.165) is 25.8 Å². The molecule has 0 bridgehead atoms. The van der Waals surface area contributed by atoms with E-state index in [1.54, 1.807) is 11.8 Å². The number of nitrogens with zero attached hydrogens (tertiary/aromatic N) is 1. The molecule has 0 unspecified atom stereocenters. The van der Waals surface area contributed by atoms with Crippen molar-refractivity contribution in [2.24, 2.45) is 0 Å². The molecule has 4 nitrogen and oxygen atoms in total. The second-order valence-corrected chi connectivity index (χ2v) is 5.91. The zero-order valence-corrected chi connectivity index (χ0v) is 11.4. The van der Waals surface area contributed by atoms with E-state index in [-0.39, 0.29) is 18.2 Å². The monoisotopic (exact) mass is 243 g/mol. The number of aliphatic hydroxyl groups excluding tert-OH is 1. The van der Waals surface area contributed by atoms with Gasteiger partial charge >= 0.3 is 6.09 Å². The van der Waals surface area contributed by atoms with Gasteiger partial charge in [-0.15, -0.1) is 0 Å². The maximum absolute atomic E-state index is 12.0. The number of hydrogen-bond acceptors (Lipinski definition) is 3. The van der Waals surface area contributed by atoms with Crippen LogP contribution in [0, 0.1) is 0 Å². The van der Waals surface area contributed by atoms with E-state index in [0.29, 0.717) is 6.42 Å². The Morgan fingerprint density at radius 1 is 1.47 bits per heavy atom. The molecule has 4 heteroatoms. The summed E-state index contributed by atoms with van der Waals surface area (Å²) in [6.07, 6.45) is 3.13. The smallest absolute Gasteiger partial charge is 0.410 e. The van der Waals surface area contributed by atoms with Gasteiger partial charge in [0.25, 0.3) is 0 Å². The van der Waals surface area contributed by atoms with E-state index < -0.39 is 5.60 Å². The molecule has 1 rings (SSSR count). The largest absolute Gasteiger partial charge is 0.444 e. The lowest BCUT2D eigenvalue weighted by molar-refractivity contribution is 0.00360. The normalized spacial score (nSPS) is 23.4. The number of piperidine rings is 1. The lowest BCUT2D eigenvalue weighted by Gasteiger charge is -2.37. The Kier molecular flexibility index (Phi) is 4.80. The predicted octanol–water partition coefficient (Wildman–Crippen LogP) is 2.55. The van der Waals surface area contributed by atoms with Crippen LogP contribution in [0.25, 0.3) is 0 Å². The van der Waals surface area contributed by atoms with Gasteiger partial charge in [0, 0.05) is 12.6 Å². The van der Waals surface area contributed by atoms with Crippen molar-refractivity contribution < 1.29 is 14.6 Å². The summed E-state index contributed by atoms with van der Waals surface area (Å²) in [7, 11) is 0. The van der Waals surface area contributed by atoms with Gasteiger partial charge in [-0.3, -0.25) is 0 Å². The molecule has 1 saturated heterocycles. The van der Waals surface area contributed by atoms with E-state index in [2.05, 4.69) is 0 Å². The van der Waals surface area contributed by atoms with Crippen LogP contribution in [0.1, 0.15) is 53.4 Å². The average Bonchev–Trinajstić information content (AvgIpc) is 2.14. The highest BCUT2D eigenvalue weighted by Gasteiger charge is 2.30. The van der Waals surface area contributed by atoms with Gasteiger partial charge in [-0.05, 0) is 53.4 Å². The Morgan fingerprint density at radius 3 is 2.65 bits per heavy atom. The van der Waals surface area contributed by atoms with Gasteiger partial charge in [0.1, 0.15) is 5.60 Å². The Balaban J connectivity index is 2.61. The molecular formula is C13H25NO3. The maximum atomic E-state index is 12.0. The van der Waals surface area contributed by atoms with Crippen LogP contribution in [0.5, 0.6) is 0 Å². The molecule has 17 heavy (non-hydrogen) atoms. The Hall–Kier alpha value is -0.770. The van der Waals surface area contributed by atoms with E-state index in [4.69, 9.17) is 4.74 Å². The van der Waals surface area contributed by atoms with Crippen LogP contribution in [0.2, 0.25) is 0 Å². The van der Waals surface area contributed by atoms with E-state index in [9.17, 15) is 9.90 Å². The van der Waals surface area contributed by atoms with Crippen molar-refractivity contribution >= 4 is 6.09 Å². The third-order valence-corrected chi connectivity index (χ3v) is 2.87. The van der Waals surface area contributed by atoms with Crippen molar-refractivity contribution in [3.8, 4) is 0 Å². The average molecular weight is 243 g/mol. The van der Waals surface area contributed by atoms with E-state index >= 15 is 0 Å². The summed E-state index contributed by atoms with van der Waals surface area (Å²) in [5.41, 5.74) is -0.454. The third kappa shape index (κ3) is 4.94. The van der Waals surface area contributed by atoms with Gasteiger partial charge in [-0.1, -0.05) is 0 Å². The van der Waals surface area contributed by atoms with Crippen LogP contribution < -0.4 is 0 Å². The van der Waals surface area contributed by atoms with Crippen molar-refractivity contribution in [3.05, 3.63) is 0 Å². The standard InChI is InChI=1S/C13H25NO3/c1-10(15)9-11-7-5-6-8-14(11)12(16)17-13(2,3)4/h10-11,15H,5-9H2,1-4H3/t10-,11+/m0/s1. The van der Waals surface area contributed by atoms with Crippen LogP contribution in [-0.2, 0) is 4.74 Å². The number of rotatable bonds is 2. The zero-order valence-electron chi connectivity index (χ0n) is 11.4. The fourth-order valence-corrected chi connectivity index (χ4v) is 2.20. The second-order valence-electron chi connectivity index (χ2n) is 5.91. The third-order valence-electron chi connectivity index (χ3n) is 2.87. The second kappa shape index (κ2) is 5.71. The molecular weight excluding hydrogens is 218 g/mol. The van der Waals surface area contributed by atoms with Gasteiger partial charge < -0.3 is 14.7 Å². The Bertz CT molecular complexity index is 258. The summed E-state index contributed by atoms with van der Waals surface area (Å²) in [6.45, 7) is 8.13. The minimum atomic E-state index is -0.454. The zero-order chi connectivity index (χ0) is 13.1. The van der Waals surface area contributed by atoms with Gasteiger partial charge in [-0.2, -0.15) is 0 Å². The molecule has 1 amide bonds. The molecule has 0 saturated carbocycles. The molecule has 0 radical (unpaired) electrons. The number of carbonyl (C=O) groups excluding carboxylic acids is 1. The predicted molar refractivity (Wildman–Crippen MR) is 66.9 cm³/mol. The molecule has 100 valence electrons. The summed E-state index contributed by atoms with van der Waals surface area (Å²) in [6, 6.07) is 0.124. The van der Waals surface area contributed by atoms with E-state index in [1.165, 1.54) is 0 Å². The molecule has 1 heterocycles. The van der Waals surface area contributed by atoms with Crippen LogP contribution in [0.4, 0.5) is 4.79 Å². The Morgan fingerprint density at radius 2 is 2.12 bits per heavy atom. The van der Waals surface area contributed by atoms with Gasteiger partial charge in [0.15, 0.2) is 0 Å². The molecule has 0 aromatic carbocycles. The maximum Gasteiger partial charge on any atom is 0.410 e. The minimum absolute atomic E-state index is 0.124. The molecule has 2 atom stereocenters. The summed E-state index contributed by atoms with van der Waals surface area (Å²) in [5.74, 6) is 0. The van der Waals surface area contributed by atoms with Gasteiger partial charge in [-0.25, -0.2) is 4.79 Å². The van der Waals surface area contributed by atoms with Crippen LogP contribution >= 0.6 is 0 Å². The molecule has 1 aliphatic rings. The number of aliphatic hydroxyl groups is 1. The first kappa shape index (κ1) is 14.3. The fourth-order valence-electron chi connectivity index (χ4n) is 2.20. The molecule has 1 aliphatic heterocycles. The highest BCUT2D eigenvalue weighted by atomic mass is 16.6. The number of amides is 1. The van der Waals surface area contributed by atoms with Crippen LogP contribution in [0.15, 0.2) is 0 Å². The SMILES string of the molecule is C[C@H](O)C[C@H]1CCCCN1C(=O)OC(C)(C)C. The summed E-state index contributed by atoms with van der Waals surface area (Å²) < 4.78 is 5.39. The van der Waals surface area contributed by atoms with Gasteiger partial charge in [0.05, 0.1) is 6.10 Å². The summed E-state index contributed by atoms with van der Waals surface area (Å²) in [5, 5.41) is 9.46. The van der Waals surface area contributed by atoms with E-state index in [1.807, 2.05) is 20.8 Å². The number of carbonyl (C=O) groups is 1. The lowest BCUT2D eigenvalue weighted by Crippen LogP contribution is -2.47.